The van der Waals surface area contributed by atoms with Gasteiger partial charge >= 0.3 is 0 Å². The first-order valence-electron chi connectivity index (χ1n) is 6.10. The number of nitrogens with two attached hydrogens (primary N) is 1. The molecule has 0 aliphatic carbocycles. The molecule has 1 heterocycles. The molecule has 1 aromatic heterocycles. The van der Waals surface area contributed by atoms with Crippen LogP contribution in [0.4, 0.5) is 0 Å². The number of hydrogen-bond acceptors (Lipinski definition) is 4. The Labute approximate surface area is 111 Å². The van der Waals surface area contributed by atoms with E-state index in [1.807, 2.05) is 24.3 Å². The zero-order chi connectivity index (χ0) is 13.7. The van der Waals surface area contributed by atoms with Gasteiger partial charge in [-0.3, -0.25) is 9.78 Å². The lowest BCUT2D eigenvalue weighted by Crippen LogP contribution is -2.43. The molecule has 1 amide bonds. The fourth-order valence-corrected chi connectivity index (χ4v) is 1.92. The number of aromatic nitrogens is 1. The van der Waals surface area contributed by atoms with E-state index in [1.54, 1.807) is 19.4 Å². The summed E-state index contributed by atoms with van der Waals surface area (Å²) < 4.78 is 5.01. The fourth-order valence-electron chi connectivity index (χ4n) is 1.92. The van der Waals surface area contributed by atoms with Gasteiger partial charge < -0.3 is 15.8 Å². The van der Waals surface area contributed by atoms with Crippen molar-refractivity contribution in [2.24, 2.45) is 5.73 Å². The second-order valence-electron chi connectivity index (χ2n) is 4.24. The number of fused-ring (bicyclic) bond motifs is 1. The molecule has 0 saturated carbocycles. The molecule has 0 aliphatic heterocycles. The number of rotatable bonds is 5. The van der Waals surface area contributed by atoms with E-state index in [0.717, 1.165) is 5.39 Å². The quantitative estimate of drug-likeness (QED) is 0.837. The maximum Gasteiger partial charge on any atom is 0.253 e. The highest BCUT2D eigenvalue weighted by Gasteiger charge is 2.14. The molecule has 0 radical (unpaired) electrons. The maximum absolute atomic E-state index is 12.2. The van der Waals surface area contributed by atoms with Crippen LogP contribution in [0.2, 0.25) is 0 Å². The molecule has 5 nitrogen and oxygen atoms in total. The average molecular weight is 259 g/mol. The van der Waals surface area contributed by atoms with Crippen LogP contribution in [0.15, 0.2) is 36.5 Å². The minimum atomic E-state index is -0.198. The SMILES string of the molecule is COCC(CN)NC(=O)c1cccc2cccnc12. The number of ether oxygens (including phenoxy) is 1. The van der Waals surface area contributed by atoms with Crippen molar-refractivity contribution in [2.45, 2.75) is 6.04 Å². The molecule has 5 heteroatoms. The molecule has 0 aliphatic rings. The fraction of sp³-hybridized carbons (Fsp3) is 0.286. The van der Waals surface area contributed by atoms with Gasteiger partial charge in [-0.15, -0.1) is 0 Å². The van der Waals surface area contributed by atoms with Gasteiger partial charge in [0, 0.05) is 25.2 Å². The van der Waals surface area contributed by atoms with Crippen molar-refractivity contribution in [1.82, 2.24) is 10.3 Å². The van der Waals surface area contributed by atoms with Crippen molar-refractivity contribution >= 4 is 16.8 Å². The monoisotopic (exact) mass is 259 g/mol. The Balaban J connectivity index is 2.26. The molecular formula is C14H17N3O2. The van der Waals surface area contributed by atoms with Crippen molar-refractivity contribution in [3.63, 3.8) is 0 Å². The Bertz CT molecular complexity index is 566. The number of amides is 1. The third kappa shape index (κ3) is 3.07. The number of carbonyl (C=O) groups excluding carboxylic acids is 1. The molecule has 3 N–H and O–H groups in total. The first-order valence-corrected chi connectivity index (χ1v) is 6.10. The number of pyridine rings is 1. The molecule has 19 heavy (non-hydrogen) atoms. The van der Waals surface area contributed by atoms with Crippen molar-refractivity contribution in [3.05, 3.63) is 42.1 Å². The minimum absolute atomic E-state index is 0.184. The summed E-state index contributed by atoms with van der Waals surface area (Å²) in [4.78, 5) is 16.5. The topological polar surface area (TPSA) is 77.2 Å². The molecule has 0 bridgehead atoms. The van der Waals surface area contributed by atoms with Crippen LogP contribution in [0.3, 0.4) is 0 Å². The first-order chi connectivity index (χ1) is 9.26. The van der Waals surface area contributed by atoms with E-state index in [4.69, 9.17) is 10.5 Å². The van der Waals surface area contributed by atoms with Gasteiger partial charge in [0.1, 0.15) is 0 Å². The van der Waals surface area contributed by atoms with Crippen LogP contribution < -0.4 is 11.1 Å². The van der Waals surface area contributed by atoms with E-state index in [1.165, 1.54) is 0 Å². The molecule has 0 fully saturated rings. The van der Waals surface area contributed by atoms with Crippen LogP contribution in [0.5, 0.6) is 0 Å². The molecular weight excluding hydrogens is 242 g/mol. The summed E-state index contributed by atoms with van der Waals surface area (Å²) in [6, 6.07) is 9.09. The maximum atomic E-state index is 12.2. The van der Waals surface area contributed by atoms with E-state index in [-0.39, 0.29) is 11.9 Å². The molecule has 1 unspecified atom stereocenters. The molecule has 2 rings (SSSR count). The number of benzene rings is 1. The number of nitrogens with zero attached hydrogens (tertiary/aromatic N) is 1. The number of methoxy groups -OCH3 is 1. The van der Waals surface area contributed by atoms with Gasteiger partial charge in [0.05, 0.1) is 23.7 Å². The van der Waals surface area contributed by atoms with Gasteiger partial charge in [-0.2, -0.15) is 0 Å². The van der Waals surface area contributed by atoms with Crippen molar-refractivity contribution in [1.29, 1.82) is 0 Å². The minimum Gasteiger partial charge on any atom is -0.383 e. The van der Waals surface area contributed by atoms with Crippen LogP contribution >= 0.6 is 0 Å². The normalized spacial score (nSPS) is 12.3. The molecule has 0 spiro atoms. The van der Waals surface area contributed by atoms with Crippen LogP contribution in [-0.2, 0) is 4.74 Å². The van der Waals surface area contributed by atoms with E-state index >= 15 is 0 Å². The summed E-state index contributed by atoms with van der Waals surface area (Å²) in [5, 5.41) is 3.78. The number of carbonyl (C=O) groups is 1. The Morgan fingerprint density at radius 1 is 1.42 bits per heavy atom. The summed E-state index contributed by atoms with van der Waals surface area (Å²) in [6.07, 6.45) is 1.68. The van der Waals surface area contributed by atoms with Crippen LogP contribution in [0.25, 0.3) is 10.9 Å². The molecule has 1 atom stereocenters. The zero-order valence-corrected chi connectivity index (χ0v) is 10.8. The molecule has 100 valence electrons. The van der Waals surface area contributed by atoms with Gasteiger partial charge in [-0.25, -0.2) is 0 Å². The molecule has 1 aromatic carbocycles. The van der Waals surface area contributed by atoms with E-state index in [2.05, 4.69) is 10.3 Å². The predicted octanol–water partition coefficient (Wildman–Crippen LogP) is 0.938. The lowest BCUT2D eigenvalue weighted by Gasteiger charge is -2.16. The Morgan fingerprint density at radius 3 is 2.95 bits per heavy atom. The highest BCUT2D eigenvalue weighted by Crippen LogP contribution is 2.15. The summed E-state index contributed by atoms with van der Waals surface area (Å²) >= 11 is 0. The second-order valence-corrected chi connectivity index (χ2v) is 4.24. The highest BCUT2D eigenvalue weighted by atomic mass is 16.5. The summed E-state index contributed by atoms with van der Waals surface area (Å²) in [7, 11) is 1.58. The predicted molar refractivity (Wildman–Crippen MR) is 73.9 cm³/mol. The number of para-hydroxylation sites is 1. The van der Waals surface area contributed by atoms with Crippen LogP contribution in [0, 0.1) is 0 Å². The van der Waals surface area contributed by atoms with E-state index in [0.29, 0.717) is 24.2 Å². The van der Waals surface area contributed by atoms with Gasteiger partial charge in [-0.05, 0) is 12.1 Å². The van der Waals surface area contributed by atoms with Crippen molar-refractivity contribution in [2.75, 3.05) is 20.3 Å². The summed E-state index contributed by atoms with van der Waals surface area (Å²) in [5.41, 5.74) is 6.83. The van der Waals surface area contributed by atoms with E-state index < -0.39 is 0 Å². The lowest BCUT2D eigenvalue weighted by atomic mass is 10.1. The largest absolute Gasteiger partial charge is 0.383 e. The summed E-state index contributed by atoms with van der Waals surface area (Å²) in [5.74, 6) is -0.184. The highest BCUT2D eigenvalue weighted by molar-refractivity contribution is 6.05. The second kappa shape index (κ2) is 6.26. The van der Waals surface area contributed by atoms with Crippen LogP contribution in [-0.4, -0.2) is 37.2 Å². The van der Waals surface area contributed by atoms with Gasteiger partial charge in [0.15, 0.2) is 0 Å². The van der Waals surface area contributed by atoms with Gasteiger partial charge in [-0.1, -0.05) is 18.2 Å². The smallest absolute Gasteiger partial charge is 0.253 e. The first kappa shape index (κ1) is 13.5. The number of hydrogen-bond donors (Lipinski definition) is 2. The molecule has 0 saturated heterocycles. The molecule has 2 aromatic rings. The Morgan fingerprint density at radius 2 is 2.21 bits per heavy atom. The zero-order valence-electron chi connectivity index (χ0n) is 10.8. The van der Waals surface area contributed by atoms with E-state index in [9.17, 15) is 4.79 Å². The van der Waals surface area contributed by atoms with Crippen molar-refractivity contribution in [3.8, 4) is 0 Å². The average Bonchev–Trinajstić information content (AvgIpc) is 2.46. The third-order valence-electron chi connectivity index (χ3n) is 2.86. The number of nitrogens with one attached hydrogen (secondary N) is 1. The third-order valence-corrected chi connectivity index (χ3v) is 2.86. The Kier molecular flexibility index (Phi) is 4.43. The van der Waals surface area contributed by atoms with Gasteiger partial charge in [0.2, 0.25) is 0 Å². The van der Waals surface area contributed by atoms with Crippen LogP contribution in [0.1, 0.15) is 10.4 Å². The Hall–Kier alpha value is -1.98. The lowest BCUT2D eigenvalue weighted by molar-refractivity contribution is 0.0902. The summed E-state index contributed by atoms with van der Waals surface area (Å²) in [6.45, 7) is 0.720. The van der Waals surface area contributed by atoms with Gasteiger partial charge in [0.25, 0.3) is 5.91 Å². The van der Waals surface area contributed by atoms with Crippen molar-refractivity contribution < 1.29 is 9.53 Å². The standard InChI is InChI=1S/C14H17N3O2/c1-19-9-11(8-15)17-14(18)12-6-2-4-10-5-3-7-16-13(10)12/h2-7,11H,8-9,15H2,1H3,(H,17,18).